The van der Waals surface area contributed by atoms with E-state index in [2.05, 4.69) is 20.3 Å². The van der Waals surface area contributed by atoms with Crippen LogP contribution in [0.5, 0.6) is 0 Å². The minimum atomic E-state index is -0.218. The normalized spacial score (nSPS) is 15.7. The highest BCUT2D eigenvalue weighted by Crippen LogP contribution is 2.35. The molecule has 0 aromatic carbocycles. The predicted molar refractivity (Wildman–Crippen MR) is 73.8 cm³/mol. The standard InChI is InChI=1S/C13H11ClN4O/c1-6-3-7(2)17-9(6)4-8-10-11(14)15-5-16-12(10)18-13(8)19/h3-5,17H,1-2H3,(H,15,16,18,19)/b8-4-. The summed E-state index contributed by atoms with van der Waals surface area (Å²) >= 11 is 6.05. The Morgan fingerprint density at radius 2 is 2.11 bits per heavy atom. The average molecular weight is 275 g/mol. The number of halogens is 1. The van der Waals surface area contributed by atoms with E-state index in [1.165, 1.54) is 6.33 Å². The molecular formula is C13H11ClN4O. The number of H-pyrrole nitrogens is 1. The van der Waals surface area contributed by atoms with Crippen LogP contribution in [0.25, 0.3) is 11.6 Å². The maximum Gasteiger partial charge on any atom is 0.257 e. The average Bonchev–Trinajstić information content (AvgIpc) is 2.82. The fourth-order valence-electron chi connectivity index (χ4n) is 2.17. The first kappa shape index (κ1) is 11.9. The Hall–Kier alpha value is -2.14. The number of amides is 1. The Morgan fingerprint density at radius 1 is 1.32 bits per heavy atom. The number of nitrogens with one attached hydrogen (secondary N) is 2. The number of aryl methyl sites for hydroxylation is 2. The van der Waals surface area contributed by atoms with Crippen molar-refractivity contribution in [2.45, 2.75) is 13.8 Å². The molecule has 0 saturated heterocycles. The molecule has 0 saturated carbocycles. The van der Waals surface area contributed by atoms with E-state index in [4.69, 9.17) is 11.6 Å². The van der Waals surface area contributed by atoms with Crippen LogP contribution < -0.4 is 5.32 Å². The van der Waals surface area contributed by atoms with Crippen molar-refractivity contribution in [3.8, 4) is 0 Å². The summed E-state index contributed by atoms with van der Waals surface area (Å²) in [5.74, 6) is 0.237. The van der Waals surface area contributed by atoms with Crippen LogP contribution in [0.3, 0.4) is 0 Å². The van der Waals surface area contributed by atoms with Crippen molar-refractivity contribution in [3.05, 3.63) is 40.1 Å². The van der Waals surface area contributed by atoms with Crippen LogP contribution in [0.1, 0.15) is 22.5 Å². The molecule has 6 heteroatoms. The van der Waals surface area contributed by atoms with E-state index in [9.17, 15) is 4.79 Å². The van der Waals surface area contributed by atoms with Gasteiger partial charge in [-0.2, -0.15) is 0 Å². The lowest BCUT2D eigenvalue weighted by atomic mass is 10.1. The molecule has 1 aliphatic heterocycles. The fraction of sp³-hybridized carbons (Fsp3) is 0.154. The molecular weight excluding hydrogens is 264 g/mol. The summed E-state index contributed by atoms with van der Waals surface area (Å²) in [6.07, 6.45) is 3.10. The van der Waals surface area contributed by atoms with Gasteiger partial charge in [0.2, 0.25) is 0 Å². The molecule has 0 atom stereocenters. The number of carbonyl (C=O) groups is 1. The summed E-state index contributed by atoms with van der Waals surface area (Å²) in [7, 11) is 0. The summed E-state index contributed by atoms with van der Waals surface area (Å²) < 4.78 is 0. The number of anilines is 1. The molecule has 1 amide bonds. The monoisotopic (exact) mass is 274 g/mol. The van der Waals surface area contributed by atoms with Gasteiger partial charge in [0.05, 0.1) is 11.1 Å². The number of carbonyl (C=O) groups excluding carboxylic acids is 1. The van der Waals surface area contributed by atoms with E-state index in [0.29, 0.717) is 17.0 Å². The first-order valence-corrected chi connectivity index (χ1v) is 6.14. The third-order valence-electron chi connectivity index (χ3n) is 3.03. The summed E-state index contributed by atoms with van der Waals surface area (Å²) in [5.41, 5.74) is 4.03. The number of nitrogens with zero attached hydrogens (tertiary/aromatic N) is 2. The lowest BCUT2D eigenvalue weighted by Gasteiger charge is -1.99. The van der Waals surface area contributed by atoms with Gasteiger partial charge in [0.15, 0.2) is 0 Å². The van der Waals surface area contributed by atoms with Gasteiger partial charge in [-0.05, 0) is 31.6 Å². The van der Waals surface area contributed by atoms with Gasteiger partial charge in [-0.3, -0.25) is 4.79 Å². The van der Waals surface area contributed by atoms with Gasteiger partial charge in [-0.1, -0.05) is 11.6 Å². The van der Waals surface area contributed by atoms with Crippen molar-refractivity contribution in [1.82, 2.24) is 15.0 Å². The van der Waals surface area contributed by atoms with Gasteiger partial charge >= 0.3 is 0 Å². The highest BCUT2D eigenvalue weighted by molar-refractivity contribution is 6.40. The topological polar surface area (TPSA) is 70.7 Å². The van der Waals surface area contributed by atoms with Crippen molar-refractivity contribution in [2.75, 3.05) is 5.32 Å². The van der Waals surface area contributed by atoms with Crippen LogP contribution in [-0.2, 0) is 4.79 Å². The van der Waals surface area contributed by atoms with Crippen LogP contribution >= 0.6 is 11.6 Å². The van der Waals surface area contributed by atoms with E-state index in [1.54, 1.807) is 6.08 Å². The van der Waals surface area contributed by atoms with Gasteiger partial charge in [0, 0.05) is 11.4 Å². The number of hydrogen-bond donors (Lipinski definition) is 2. The maximum absolute atomic E-state index is 12.0. The number of aromatic amines is 1. The summed E-state index contributed by atoms with van der Waals surface area (Å²) in [6, 6.07) is 2.02. The summed E-state index contributed by atoms with van der Waals surface area (Å²) in [5, 5.41) is 2.95. The second kappa shape index (κ2) is 4.20. The summed E-state index contributed by atoms with van der Waals surface area (Å²) in [6.45, 7) is 3.94. The van der Waals surface area contributed by atoms with Gasteiger partial charge in [0.25, 0.3) is 5.91 Å². The molecule has 19 heavy (non-hydrogen) atoms. The molecule has 0 bridgehead atoms. The molecule has 2 aromatic rings. The second-order valence-corrected chi connectivity index (χ2v) is 4.81. The van der Waals surface area contributed by atoms with Crippen molar-refractivity contribution < 1.29 is 4.79 Å². The van der Waals surface area contributed by atoms with E-state index >= 15 is 0 Å². The van der Waals surface area contributed by atoms with Gasteiger partial charge in [-0.15, -0.1) is 0 Å². The third-order valence-corrected chi connectivity index (χ3v) is 3.31. The maximum atomic E-state index is 12.0. The first-order valence-electron chi connectivity index (χ1n) is 5.76. The fourth-order valence-corrected chi connectivity index (χ4v) is 2.40. The van der Waals surface area contributed by atoms with E-state index in [0.717, 1.165) is 17.0 Å². The molecule has 5 nitrogen and oxygen atoms in total. The predicted octanol–water partition coefficient (Wildman–Crippen LogP) is 2.57. The zero-order valence-corrected chi connectivity index (χ0v) is 11.2. The van der Waals surface area contributed by atoms with Crippen molar-refractivity contribution in [1.29, 1.82) is 0 Å². The third kappa shape index (κ3) is 1.92. The molecule has 2 N–H and O–H groups in total. The second-order valence-electron chi connectivity index (χ2n) is 4.45. The number of hydrogen-bond acceptors (Lipinski definition) is 3. The molecule has 96 valence electrons. The van der Waals surface area contributed by atoms with E-state index in [1.807, 2.05) is 19.9 Å². The minimum absolute atomic E-state index is 0.218. The Morgan fingerprint density at radius 3 is 2.79 bits per heavy atom. The zero-order chi connectivity index (χ0) is 13.6. The Balaban J connectivity index is 2.17. The first-order chi connectivity index (χ1) is 9.06. The Labute approximate surface area is 114 Å². The Kier molecular flexibility index (Phi) is 2.64. The number of aromatic nitrogens is 3. The van der Waals surface area contributed by atoms with Crippen LogP contribution in [-0.4, -0.2) is 20.9 Å². The van der Waals surface area contributed by atoms with E-state index < -0.39 is 0 Å². The summed E-state index contributed by atoms with van der Waals surface area (Å²) in [4.78, 5) is 23.1. The molecule has 0 aliphatic carbocycles. The zero-order valence-electron chi connectivity index (χ0n) is 10.4. The SMILES string of the molecule is Cc1cc(C)c(/C=C2\C(=O)Nc3ncnc(Cl)c32)[nH]1. The van der Waals surface area contributed by atoms with Crippen LogP contribution in [0, 0.1) is 13.8 Å². The molecule has 0 spiro atoms. The van der Waals surface area contributed by atoms with Crippen LogP contribution in [0.4, 0.5) is 5.82 Å². The molecule has 3 rings (SSSR count). The lowest BCUT2D eigenvalue weighted by molar-refractivity contribution is -0.110. The molecule has 0 radical (unpaired) electrons. The Bertz CT molecular complexity index is 717. The van der Waals surface area contributed by atoms with Gasteiger partial charge in [-0.25, -0.2) is 9.97 Å². The quantitative estimate of drug-likeness (QED) is 0.620. The minimum Gasteiger partial charge on any atom is -0.359 e. The van der Waals surface area contributed by atoms with Crippen molar-refractivity contribution >= 4 is 35.0 Å². The van der Waals surface area contributed by atoms with E-state index in [-0.39, 0.29) is 11.1 Å². The van der Waals surface area contributed by atoms with Crippen LogP contribution in [0.15, 0.2) is 12.4 Å². The van der Waals surface area contributed by atoms with Crippen molar-refractivity contribution in [3.63, 3.8) is 0 Å². The van der Waals surface area contributed by atoms with Gasteiger partial charge in [0.1, 0.15) is 17.3 Å². The molecule has 0 unspecified atom stereocenters. The van der Waals surface area contributed by atoms with Gasteiger partial charge < -0.3 is 10.3 Å². The molecule has 3 heterocycles. The highest BCUT2D eigenvalue weighted by Gasteiger charge is 2.28. The smallest absolute Gasteiger partial charge is 0.257 e. The van der Waals surface area contributed by atoms with Crippen LogP contribution in [0.2, 0.25) is 5.15 Å². The number of rotatable bonds is 1. The molecule has 1 aliphatic rings. The number of fused-ring (bicyclic) bond motifs is 1. The highest BCUT2D eigenvalue weighted by atomic mass is 35.5. The molecule has 2 aromatic heterocycles. The largest absolute Gasteiger partial charge is 0.359 e. The van der Waals surface area contributed by atoms with Crippen molar-refractivity contribution in [2.24, 2.45) is 0 Å². The molecule has 0 fully saturated rings. The lowest BCUT2D eigenvalue weighted by Crippen LogP contribution is -2.04.